The maximum atomic E-state index is 13.1. The van der Waals surface area contributed by atoms with Crippen molar-refractivity contribution in [1.29, 1.82) is 0 Å². The molecule has 0 radical (unpaired) electrons. The minimum atomic E-state index is -0.455. The number of hydrogen-bond donors (Lipinski definition) is 2. The van der Waals surface area contributed by atoms with Crippen molar-refractivity contribution < 1.29 is 14.3 Å². The van der Waals surface area contributed by atoms with E-state index in [1.54, 1.807) is 42.9 Å². The third-order valence-corrected chi connectivity index (χ3v) is 5.96. The molecule has 1 heterocycles. The maximum Gasteiger partial charge on any atom is 0.295 e. The molecule has 0 aliphatic rings. The van der Waals surface area contributed by atoms with Crippen LogP contribution in [0, 0.1) is 20.8 Å². The number of aryl methyl sites for hydroxylation is 2. The van der Waals surface area contributed by atoms with E-state index in [0.717, 1.165) is 11.1 Å². The van der Waals surface area contributed by atoms with Crippen LogP contribution in [-0.2, 0) is 11.8 Å². The number of aromatic nitrogens is 2. The van der Waals surface area contributed by atoms with Gasteiger partial charge in [-0.25, -0.2) is 4.68 Å². The van der Waals surface area contributed by atoms with E-state index in [1.165, 1.54) is 4.68 Å². The zero-order valence-electron chi connectivity index (χ0n) is 20.7. The second-order valence-electron chi connectivity index (χ2n) is 8.53. The topological polar surface area (TPSA) is 94.4 Å². The first-order chi connectivity index (χ1) is 17.3. The molecule has 0 atom stereocenters. The monoisotopic (exact) mass is 484 g/mol. The van der Waals surface area contributed by atoms with Crippen molar-refractivity contribution in [3.8, 4) is 11.4 Å². The Kier molecular flexibility index (Phi) is 7.05. The normalized spacial score (nSPS) is 10.7. The molecule has 36 heavy (non-hydrogen) atoms. The zero-order chi connectivity index (χ0) is 25.8. The molecule has 0 unspecified atom stereocenters. The smallest absolute Gasteiger partial charge is 0.295 e. The van der Waals surface area contributed by atoms with Crippen LogP contribution in [0.2, 0.25) is 0 Å². The van der Waals surface area contributed by atoms with E-state index < -0.39 is 5.91 Å². The molecule has 0 saturated carbocycles. The lowest BCUT2D eigenvalue weighted by Crippen LogP contribution is -2.23. The van der Waals surface area contributed by atoms with Gasteiger partial charge in [0.2, 0.25) is 0 Å². The summed E-state index contributed by atoms with van der Waals surface area (Å²) in [4.78, 5) is 38.5. The van der Waals surface area contributed by atoms with Gasteiger partial charge in [-0.1, -0.05) is 42.5 Å². The first-order valence-corrected chi connectivity index (χ1v) is 11.5. The van der Waals surface area contributed by atoms with Gasteiger partial charge in [-0.3, -0.25) is 19.1 Å². The van der Waals surface area contributed by atoms with Gasteiger partial charge >= 0.3 is 0 Å². The highest BCUT2D eigenvalue weighted by Crippen LogP contribution is 2.22. The number of nitrogens with zero attached hydrogens (tertiary/aromatic N) is 2. The van der Waals surface area contributed by atoms with Gasteiger partial charge in [0.1, 0.15) is 11.4 Å². The molecule has 4 rings (SSSR count). The predicted octanol–water partition coefficient (Wildman–Crippen LogP) is 4.37. The molecule has 0 spiro atoms. The van der Waals surface area contributed by atoms with Crippen LogP contribution >= 0.6 is 0 Å². The van der Waals surface area contributed by atoms with Gasteiger partial charge in [-0.05, 0) is 62.2 Å². The zero-order valence-corrected chi connectivity index (χ0v) is 20.7. The van der Waals surface area contributed by atoms with Crippen molar-refractivity contribution in [3.05, 3.63) is 106 Å². The van der Waals surface area contributed by atoms with E-state index in [9.17, 15) is 14.4 Å². The molecular weight excluding hydrogens is 456 g/mol. The van der Waals surface area contributed by atoms with Gasteiger partial charge in [0, 0.05) is 18.3 Å². The first kappa shape index (κ1) is 24.5. The van der Waals surface area contributed by atoms with Gasteiger partial charge in [0.15, 0.2) is 6.61 Å². The molecule has 0 aliphatic carbocycles. The third kappa shape index (κ3) is 5.07. The standard InChI is InChI=1S/C28H28N4O4/c1-18-10-8-11-19(2)26(18)36-17-24(33)29-22-13-9-12-21(16-22)27(34)30-25-20(3)31(4)32(28(25)35)23-14-6-5-7-15-23/h5-16H,17H2,1-4H3,(H,29,33)(H,30,34). The highest BCUT2D eigenvalue weighted by atomic mass is 16.5. The second kappa shape index (κ2) is 10.4. The Morgan fingerprint density at radius 2 is 1.53 bits per heavy atom. The number of carbonyl (C=O) groups excluding carboxylic acids is 2. The van der Waals surface area contributed by atoms with Crippen LogP contribution < -0.4 is 20.9 Å². The van der Waals surface area contributed by atoms with Crippen LogP contribution in [0.15, 0.2) is 77.6 Å². The van der Waals surface area contributed by atoms with Crippen molar-refractivity contribution >= 4 is 23.2 Å². The van der Waals surface area contributed by atoms with Crippen molar-refractivity contribution in [1.82, 2.24) is 9.36 Å². The van der Waals surface area contributed by atoms with Crippen LogP contribution in [0.25, 0.3) is 5.69 Å². The molecule has 2 N–H and O–H groups in total. The SMILES string of the molecule is Cc1cccc(C)c1OCC(=O)Nc1cccc(C(=O)Nc2c(C)n(C)n(-c3ccccc3)c2=O)c1. The van der Waals surface area contributed by atoms with E-state index in [1.807, 2.05) is 62.4 Å². The molecule has 184 valence electrons. The molecular formula is C28H28N4O4. The Hall–Kier alpha value is -4.59. The van der Waals surface area contributed by atoms with Crippen molar-refractivity contribution in [2.45, 2.75) is 20.8 Å². The molecule has 0 aliphatic heterocycles. The van der Waals surface area contributed by atoms with Crippen LogP contribution in [-0.4, -0.2) is 27.8 Å². The Bertz CT molecular complexity index is 1470. The summed E-state index contributed by atoms with van der Waals surface area (Å²) in [5.74, 6) is -0.121. The number of nitrogens with one attached hydrogen (secondary N) is 2. The van der Waals surface area contributed by atoms with Crippen molar-refractivity contribution in [2.24, 2.45) is 7.05 Å². The molecule has 3 aromatic carbocycles. The van der Waals surface area contributed by atoms with Gasteiger partial charge in [0.05, 0.1) is 11.4 Å². The summed E-state index contributed by atoms with van der Waals surface area (Å²) >= 11 is 0. The summed E-state index contributed by atoms with van der Waals surface area (Å²) in [5.41, 5.74) is 3.83. The second-order valence-corrected chi connectivity index (χ2v) is 8.53. The summed E-state index contributed by atoms with van der Waals surface area (Å²) in [5, 5.41) is 5.49. The highest BCUT2D eigenvalue weighted by molar-refractivity contribution is 6.05. The van der Waals surface area contributed by atoms with E-state index in [4.69, 9.17) is 4.74 Å². The minimum absolute atomic E-state index is 0.162. The molecule has 0 bridgehead atoms. The van der Waals surface area contributed by atoms with E-state index in [2.05, 4.69) is 10.6 Å². The van der Waals surface area contributed by atoms with Crippen molar-refractivity contribution in [3.63, 3.8) is 0 Å². The molecule has 4 aromatic rings. The molecule has 0 saturated heterocycles. The van der Waals surface area contributed by atoms with Gasteiger partial charge in [-0.2, -0.15) is 0 Å². The predicted molar refractivity (Wildman–Crippen MR) is 140 cm³/mol. The maximum absolute atomic E-state index is 13.1. The fourth-order valence-electron chi connectivity index (χ4n) is 4.00. The van der Waals surface area contributed by atoms with Gasteiger partial charge < -0.3 is 15.4 Å². The Balaban J connectivity index is 1.47. The van der Waals surface area contributed by atoms with E-state index in [-0.39, 0.29) is 23.8 Å². The number of hydrogen-bond acceptors (Lipinski definition) is 4. The molecule has 2 amide bonds. The Morgan fingerprint density at radius 1 is 0.861 bits per heavy atom. The Labute approximate surface area is 209 Å². The number of rotatable bonds is 7. The molecule has 0 fully saturated rings. The lowest BCUT2D eigenvalue weighted by molar-refractivity contribution is -0.118. The van der Waals surface area contributed by atoms with Crippen LogP contribution in [0.1, 0.15) is 27.2 Å². The van der Waals surface area contributed by atoms with Gasteiger partial charge in [0.25, 0.3) is 17.4 Å². The number of para-hydroxylation sites is 2. The summed E-state index contributed by atoms with van der Waals surface area (Å²) in [7, 11) is 1.76. The summed E-state index contributed by atoms with van der Waals surface area (Å²) in [6.07, 6.45) is 0. The van der Waals surface area contributed by atoms with E-state index in [0.29, 0.717) is 28.4 Å². The fourth-order valence-corrected chi connectivity index (χ4v) is 4.00. The van der Waals surface area contributed by atoms with Crippen LogP contribution in [0.3, 0.4) is 0 Å². The molecule has 8 heteroatoms. The average molecular weight is 485 g/mol. The first-order valence-electron chi connectivity index (χ1n) is 11.5. The quantitative estimate of drug-likeness (QED) is 0.407. The number of ether oxygens (including phenoxy) is 1. The minimum Gasteiger partial charge on any atom is -0.483 e. The van der Waals surface area contributed by atoms with E-state index >= 15 is 0 Å². The average Bonchev–Trinajstić information content (AvgIpc) is 3.07. The third-order valence-electron chi connectivity index (χ3n) is 5.96. The van der Waals surface area contributed by atoms with Crippen LogP contribution in [0.4, 0.5) is 11.4 Å². The molecule has 8 nitrogen and oxygen atoms in total. The Morgan fingerprint density at radius 3 is 2.22 bits per heavy atom. The largest absolute Gasteiger partial charge is 0.483 e. The van der Waals surface area contributed by atoms with Crippen LogP contribution in [0.5, 0.6) is 5.75 Å². The fraction of sp³-hybridized carbons (Fsp3) is 0.179. The summed E-state index contributed by atoms with van der Waals surface area (Å²) < 4.78 is 8.90. The summed E-state index contributed by atoms with van der Waals surface area (Å²) in [6.45, 7) is 5.45. The number of anilines is 2. The number of benzene rings is 3. The lowest BCUT2D eigenvalue weighted by Gasteiger charge is -2.12. The number of amides is 2. The summed E-state index contributed by atoms with van der Waals surface area (Å²) in [6, 6.07) is 21.5. The number of carbonyl (C=O) groups is 2. The van der Waals surface area contributed by atoms with Gasteiger partial charge in [-0.15, -0.1) is 0 Å². The lowest BCUT2D eigenvalue weighted by atomic mass is 10.1. The van der Waals surface area contributed by atoms with Crippen molar-refractivity contribution in [2.75, 3.05) is 17.2 Å². The molecule has 1 aromatic heterocycles. The highest BCUT2D eigenvalue weighted by Gasteiger charge is 2.19.